The van der Waals surface area contributed by atoms with Gasteiger partial charge in [-0.3, -0.25) is 19.7 Å². The van der Waals surface area contributed by atoms with Crippen molar-refractivity contribution >= 4 is 29.3 Å². The maximum Gasteiger partial charge on any atom is 0.317 e. The molecule has 0 aliphatic heterocycles. The van der Waals surface area contributed by atoms with E-state index in [1.165, 1.54) is 43.3 Å². The first-order chi connectivity index (χ1) is 12.8. The largest absolute Gasteiger partial charge is 0.452 e. The number of esters is 1. The molecule has 9 heteroatoms. The van der Waals surface area contributed by atoms with Gasteiger partial charge in [0.05, 0.1) is 10.7 Å². The number of hydrogen-bond donors (Lipinski definition) is 1. The number of rotatable bonds is 8. The molecule has 1 N–H and O–H groups in total. The van der Waals surface area contributed by atoms with E-state index in [0.717, 1.165) is 17.3 Å². The standard InChI is InChI=1S/C18H17FN2O5S/c1-12(18(23)20-10-13-2-4-14(19)5-3-13)26-17(22)11-27-16-8-6-15(7-9-16)21(24)25/h2-9,12H,10-11H2,1H3,(H,20,23)/t12-/m0/s1. The normalized spacial score (nSPS) is 11.5. The highest BCUT2D eigenvalue weighted by atomic mass is 32.2. The summed E-state index contributed by atoms with van der Waals surface area (Å²) < 4.78 is 17.9. The lowest BCUT2D eigenvalue weighted by atomic mass is 10.2. The summed E-state index contributed by atoms with van der Waals surface area (Å²) in [6.45, 7) is 1.65. The number of ether oxygens (including phenoxy) is 1. The molecule has 27 heavy (non-hydrogen) atoms. The van der Waals surface area contributed by atoms with Crippen molar-refractivity contribution in [3.8, 4) is 0 Å². The number of carbonyl (C=O) groups excluding carboxylic acids is 2. The zero-order chi connectivity index (χ0) is 19.8. The fourth-order valence-electron chi connectivity index (χ4n) is 2.03. The Hall–Kier alpha value is -2.94. The summed E-state index contributed by atoms with van der Waals surface area (Å²) in [5.74, 6) is -1.44. The summed E-state index contributed by atoms with van der Waals surface area (Å²) in [7, 11) is 0. The van der Waals surface area contributed by atoms with Crippen LogP contribution < -0.4 is 5.32 Å². The molecule has 0 saturated heterocycles. The number of thioether (sulfide) groups is 1. The second-order valence-corrected chi connectivity index (χ2v) is 6.56. The van der Waals surface area contributed by atoms with Gasteiger partial charge >= 0.3 is 5.97 Å². The molecule has 7 nitrogen and oxygen atoms in total. The third-order valence-electron chi connectivity index (χ3n) is 3.46. The van der Waals surface area contributed by atoms with Crippen molar-refractivity contribution in [2.75, 3.05) is 5.75 Å². The SMILES string of the molecule is C[C@H](OC(=O)CSc1ccc([N+](=O)[O-])cc1)C(=O)NCc1ccc(F)cc1. The van der Waals surface area contributed by atoms with E-state index in [1.54, 1.807) is 12.1 Å². The number of halogens is 1. The Morgan fingerprint density at radius 1 is 1.19 bits per heavy atom. The van der Waals surface area contributed by atoms with E-state index >= 15 is 0 Å². The lowest BCUT2D eigenvalue weighted by Crippen LogP contribution is -2.35. The number of nitrogens with one attached hydrogen (secondary N) is 1. The maximum absolute atomic E-state index is 12.8. The van der Waals surface area contributed by atoms with Crippen LogP contribution in [0.25, 0.3) is 0 Å². The molecule has 1 amide bonds. The van der Waals surface area contributed by atoms with E-state index < -0.39 is 22.9 Å². The number of nitro benzene ring substituents is 1. The molecule has 0 heterocycles. The fourth-order valence-corrected chi connectivity index (χ4v) is 2.71. The third-order valence-corrected chi connectivity index (χ3v) is 4.45. The van der Waals surface area contributed by atoms with Gasteiger partial charge in [-0.25, -0.2) is 4.39 Å². The van der Waals surface area contributed by atoms with Gasteiger partial charge in [0, 0.05) is 23.6 Å². The number of benzene rings is 2. The zero-order valence-corrected chi connectivity index (χ0v) is 15.2. The van der Waals surface area contributed by atoms with Crippen LogP contribution in [0.15, 0.2) is 53.4 Å². The second-order valence-electron chi connectivity index (χ2n) is 5.52. The fraction of sp³-hybridized carbons (Fsp3) is 0.222. The Labute approximate surface area is 159 Å². The van der Waals surface area contributed by atoms with E-state index in [9.17, 15) is 24.1 Å². The summed E-state index contributed by atoms with van der Waals surface area (Å²) in [5, 5.41) is 13.2. The van der Waals surface area contributed by atoms with Gasteiger partial charge in [0.2, 0.25) is 0 Å². The van der Waals surface area contributed by atoms with Crippen LogP contribution in [0.5, 0.6) is 0 Å². The molecule has 2 aromatic carbocycles. The molecule has 0 radical (unpaired) electrons. The maximum atomic E-state index is 12.8. The van der Waals surface area contributed by atoms with Gasteiger partial charge in [-0.2, -0.15) is 0 Å². The summed E-state index contributed by atoms with van der Waals surface area (Å²) >= 11 is 1.15. The van der Waals surface area contributed by atoms with E-state index in [4.69, 9.17) is 4.74 Å². The summed E-state index contributed by atoms with van der Waals surface area (Å²) in [6, 6.07) is 11.4. The molecular weight excluding hydrogens is 375 g/mol. The van der Waals surface area contributed by atoms with Gasteiger partial charge in [0.1, 0.15) is 5.82 Å². The summed E-state index contributed by atoms with van der Waals surface area (Å²) in [6.07, 6.45) is -0.976. The smallest absolute Gasteiger partial charge is 0.317 e. The van der Waals surface area contributed by atoms with Crippen molar-refractivity contribution in [2.24, 2.45) is 0 Å². The molecular formula is C18H17FN2O5S. The number of amides is 1. The van der Waals surface area contributed by atoms with Gasteiger partial charge in [-0.1, -0.05) is 12.1 Å². The minimum Gasteiger partial charge on any atom is -0.452 e. The zero-order valence-electron chi connectivity index (χ0n) is 14.4. The lowest BCUT2D eigenvalue weighted by Gasteiger charge is -2.13. The monoisotopic (exact) mass is 392 g/mol. The number of non-ortho nitro benzene ring substituents is 1. The van der Waals surface area contributed by atoms with E-state index in [1.807, 2.05) is 0 Å². The highest BCUT2D eigenvalue weighted by Crippen LogP contribution is 2.21. The molecule has 0 aromatic heterocycles. The molecule has 0 aliphatic carbocycles. The number of carbonyl (C=O) groups is 2. The number of hydrogen-bond acceptors (Lipinski definition) is 6. The molecule has 1 atom stereocenters. The van der Waals surface area contributed by atoms with Gasteiger partial charge < -0.3 is 10.1 Å². The van der Waals surface area contributed by atoms with Crippen LogP contribution in [0.2, 0.25) is 0 Å². The van der Waals surface area contributed by atoms with Crippen molar-refractivity contribution in [1.82, 2.24) is 5.32 Å². The van der Waals surface area contributed by atoms with E-state index in [2.05, 4.69) is 5.32 Å². The third kappa shape index (κ3) is 6.70. The Balaban J connectivity index is 1.74. The van der Waals surface area contributed by atoms with Crippen molar-refractivity contribution in [1.29, 1.82) is 0 Å². The predicted octanol–water partition coefficient (Wildman–Crippen LogP) is 3.07. The van der Waals surface area contributed by atoms with E-state index in [0.29, 0.717) is 4.90 Å². The molecule has 0 spiro atoms. The first-order valence-corrected chi connectivity index (χ1v) is 8.92. The molecule has 142 valence electrons. The average Bonchev–Trinajstić information content (AvgIpc) is 2.66. The molecule has 0 fully saturated rings. The van der Waals surface area contributed by atoms with Gasteiger partial charge in [-0.15, -0.1) is 11.8 Å². The topological polar surface area (TPSA) is 98.5 Å². The molecule has 0 saturated carbocycles. The van der Waals surface area contributed by atoms with Crippen LogP contribution in [-0.4, -0.2) is 28.7 Å². The average molecular weight is 392 g/mol. The second kappa shape index (κ2) is 9.67. The van der Waals surface area contributed by atoms with Gasteiger partial charge in [0.25, 0.3) is 11.6 Å². The van der Waals surface area contributed by atoms with Crippen molar-refractivity contribution in [3.63, 3.8) is 0 Å². The van der Waals surface area contributed by atoms with Crippen LogP contribution in [0.4, 0.5) is 10.1 Å². The Kier molecular flexibility index (Phi) is 7.30. The highest BCUT2D eigenvalue weighted by Gasteiger charge is 2.17. The molecule has 2 rings (SSSR count). The van der Waals surface area contributed by atoms with Gasteiger partial charge in [0.15, 0.2) is 6.10 Å². The Morgan fingerprint density at radius 3 is 2.41 bits per heavy atom. The minimum absolute atomic E-state index is 0.0339. The molecule has 2 aromatic rings. The molecule has 0 aliphatic rings. The minimum atomic E-state index is -0.976. The quantitative estimate of drug-likeness (QED) is 0.321. The van der Waals surface area contributed by atoms with Crippen LogP contribution in [-0.2, 0) is 20.9 Å². The summed E-state index contributed by atoms with van der Waals surface area (Å²) in [4.78, 5) is 34.6. The Morgan fingerprint density at radius 2 is 1.81 bits per heavy atom. The molecule has 0 bridgehead atoms. The van der Waals surface area contributed by atoms with Crippen molar-refractivity contribution < 1.29 is 23.6 Å². The predicted molar refractivity (Wildman–Crippen MR) is 97.6 cm³/mol. The first-order valence-electron chi connectivity index (χ1n) is 7.94. The van der Waals surface area contributed by atoms with E-state index in [-0.39, 0.29) is 23.8 Å². The lowest BCUT2D eigenvalue weighted by molar-refractivity contribution is -0.384. The van der Waals surface area contributed by atoms with Crippen molar-refractivity contribution in [2.45, 2.75) is 24.5 Å². The Bertz CT molecular complexity index is 812. The number of nitrogens with zero attached hydrogens (tertiary/aromatic N) is 1. The summed E-state index contributed by atoms with van der Waals surface area (Å²) in [5.41, 5.74) is 0.686. The van der Waals surface area contributed by atoms with Crippen molar-refractivity contribution in [3.05, 3.63) is 70.0 Å². The first kappa shape index (κ1) is 20.4. The van der Waals surface area contributed by atoms with Crippen LogP contribution in [0, 0.1) is 15.9 Å². The van der Waals surface area contributed by atoms with Crippen LogP contribution >= 0.6 is 11.8 Å². The van der Waals surface area contributed by atoms with Crippen LogP contribution in [0.1, 0.15) is 12.5 Å². The van der Waals surface area contributed by atoms with Crippen LogP contribution in [0.3, 0.4) is 0 Å². The molecule has 0 unspecified atom stereocenters. The number of nitro groups is 1. The highest BCUT2D eigenvalue weighted by molar-refractivity contribution is 8.00. The van der Waals surface area contributed by atoms with Gasteiger partial charge in [-0.05, 0) is 36.8 Å².